The van der Waals surface area contributed by atoms with Crippen molar-refractivity contribution in [1.29, 1.82) is 10.5 Å². The van der Waals surface area contributed by atoms with E-state index in [0.717, 1.165) is 94.2 Å². The van der Waals surface area contributed by atoms with Crippen LogP contribution in [0.5, 0.6) is 0 Å². The van der Waals surface area contributed by atoms with Gasteiger partial charge in [-0.05, 0) is 66.7 Å². The van der Waals surface area contributed by atoms with Crippen LogP contribution in [0.4, 0.5) is 0 Å². The Morgan fingerprint density at radius 1 is 0.367 bits per heavy atom. The van der Waals surface area contributed by atoms with Gasteiger partial charge < -0.3 is 9.13 Å². The van der Waals surface area contributed by atoms with Gasteiger partial charge in [0.05, 0.1) is 68.1 Å². The van der Waals surface area contributed by atoms with Crippen molar-refractivity contribution in [3.63, 3.8) is 0 Å². The minimum Gasteiger partial charge on any atom is -0.309 e. The van der Waals surface area contributed by atoms with Crippen LogP contribution in [-0.2, 0) is 0 Å². The Labute approximate surface area is 345 Å². The third-order valence-corrected chi connectivity index (χ3v) is 11.4. The van der Waals surface area contributed by atoms with Crippen molar-refractivity contribution in [1.82, 2.24) is 19.1 Å². The van der Waals surface area contributed by atoms with Gasteiger partial charge in [0.2, 0.25) is 0 Å². The Kier molecular flexibility index (Phi) is 8.15. The van der Waals surface area contributed by atoms with E-state index in [1.807, 2.05) is 78.9 Å². The molecule has 6 heteroatoms. The highest BCUT2D eigenvalue weighted by atomic mass is 15.0. The fourth-order valence-electron chi connectivity index (χ4n) is 8.77. The van der Waals surface area contributed by atoms with Crippen molar-refractivity contribution in [3.8, 4) is 68.5 Å². The third-order valence-electron chi connectivity index (χ3n) is 11.4. The number of fused-ring (bicyclic) bond motifs is 6. The van der Waals surface area contributed by atoms with E-state index in [9.17, 15) is 10.5 Å². The van der Waals surface area contributed by atoms with E-state index >= 15 is 0 Å². The van der Waals surface area contributed by atoms with Gasteiger partial charge in [-0.15, -0.1) is 0 Å². The van der Waals surface area contributed by atoms with Crippen molar-refractivity contribution in [2.24, 2.45) is 0 Å². The number of hydrogen-bond donors (Lipinski definition) is 0. The number of aromatic nitrogens is 4. The lowest BCUT2D eigenvalue weighted by Crippen LogP contribution is -2.04. The van der Waals surface area contributed by atoms with Crippen LogP contribution in [0.25, 0.3) is 100 Å². The molecule has 0 radical (unpaired) electrons. The Hall–Kier alpha value is -8.58. The predicted octanol–water partition coefficient (Wildman–Crippen LogP) is 13.1. The van der Waals surface area contributed by atoms with E-state index in [4.69, 9.17) is 9.97 Å². The van der Waals surface area contributed by atoms with Crippen LogP contribution in [-0.4, -0.2) is 19.1 Å². The van der Waals surface area contributed by atoms with Crippen molar-refractivity contribution >= 4 is 43.6 Å². The van der Waals surface area contributed by atoms with Gasteiger partial charge in [-0.25, -0.2) is 9.97 Å². The molecule has 0 aliphatic heterocycles. The molecule has 60 heavy (non-hydrogen) atoms. The Morgan fingerprint density at radius 2 is 0.850 bits per heavy atom. The van der Waals surface area contributed by atoms with Gasteiger partial charge in [0.15, 0.2) is 5.82 Å². The van der Waals surface area contributed by atoms with Crippen molar-refractivity contribution in [2.75, 3.05) is 0 Å². The summed E-state index contributed by atoms with van der Waals surface area (Å²) < 4.78 is 4.64. The molecule has 11 aromatic rings. The maximum atomic E-state index is 9.97. The lowest BCUT2D eigenvalue weighted by Gasteiger charge is -2.22. The van der Waals surface area contributed by atoms with Crippen molar-refractivity contribution in [2.45, 2.75) is 0 Å². The molecule has 0 fully saturated rings. The van der Waals surface area contributed by atoms with E-state index in [2.05, 4.69) is 137 Å². The first-order valence-electron chi connectivity index (χ1n) is 19.8. The SMILES string of the molecule is N#Cc1ccc2c(c1)c1ccccc1n2-c1ccccc1-c1c(-c2cc(-c3ccccc3)nc(-c3ccccc3)n2)cccc1-n1c2ccccc2c2cc(C#N)ccc21. The Balaban J connectivity index is 1.28. The molecule has 0 atom stereocenters. The summed E-state index contributed by atoms with van der Waals surface area (Å²) in [6, 6.07) is 70.8. The van der Waals surface area contributed by atoms with Crippen molar-refractivity contribution < 1.29 is 0 Å². The third kappa shape index (κ3) is 5.56. The second kappa shape index (κ2) is 14.1. The maximum absolute atomic E-state index is 9.97. The first kappa shape index (κ1) is 34.7. The zero-order valence-corrected chi connectivity index (χ0v) is 32.2. The van der Waals surface area contributed by atoms with Crippen LogP contribution in [0.3, 0.4) is 0 Å². The summed E-state index contributed by atoms with van der Waals surface area (Å²) in [6.07, 6.45) is 0. The average molecular weight is 765 g/mol. The highest BCUT2D eigenvalue weighted by Gasteiger charge is 2.24. The maximum Gasteiger partial charge on any atom is 0.160 e. The van der Waals surface area contributed by atoms with Gasteiger partial charge >= 0.3 is 0 Å². The van der Waals surface area contributed by atoms with E-state index < -0.39 is 0 Å². The molecule has 0 saturated carbocycles. The molecular formula is C54H32N6. The molecule has 0 aliphatic rings. The highest BCUT2D eigenvalue weighted by Crippen LogP contribution is 2.45. The monoisotopic (exact) mass is 764 g/mol. The van der Waals surface area contributed by atoms with Gasteiger partial charge in [0.25, 0.3) is 0 Å². The van der Waals surface area contributed by atoms with E-state index in [-0.39, 0.29) is 0 Å². The lowest BCUT2D eigenvalue weighted by molar-refractivity contribution is 1.15. The molecule has 11 rings (SSSR count). The van der Waals surface area contributed by atoms with Crippen LogP contribution >= 0.6 is 0 Å². The predicted molar refractivity (Wildman–Crippen MR) is 242 cm³/mol. The molecular weight excluding hydrogens is 733 g/mol. The topological polar surface area (TPSA) is 83.2 Å². The Morgan fingerprint density at radius 3 is 1.48 bits per heavy atom. The van der Waals surface area contributed by atoms with E-state index in [1.54, 1.807) is 0 Å². The van der Waals surface area contributed by atoms with E-state index in [1.165, 1.54) is 0 Å². The number of nitriles is 2. The fraction of sp³-hybridized carbons (Fsp3) is 0. The summed E-state index contributed by atoms with van der Waals surface area (Å²) in [6.45, 7) is 0. The van der Waals surface area contributed by atoms with Gasteiger partial charge in [-0.3, -0.25) is 0 Å². The summed E-state index contributed by atoms with van der Waals surface area (Å²) in [4.78, 5) is 10.5. The molecule has 0 unspecified atom stereocenters. The fourth-order valence-corrected chi connectivity index (χ4v) is 8.77. The average Bonchev–Trinajstić information content (AvgIpc) is 3.83. The second-order valence-electron chi connectivity index (χ2n) is 14.8. The molecule has 8 aromatic carbocycles. The molecule has 0 spiro atoms. The number of hydrogen-bond acceptors (Lipinski definition) is 4. The molecule has 3 aromatic heterocycles. The summed E-state index contributed by atoms with van der Waals surface area (Å²) in [5, 5.41) is 24.0. The molecule has 0 aliphatic carbocycles. The molecule has 0 amide bonds. The largest absolute Gasteiger partial charge is 0.309 e. The summed E-state index contributed by atoms with van der Waals surface area (Å²) in [5.74, 6) is 0.633. The summed E-state index contributed by atoms with van der Waals surface area (Å²) in [7, 11) is 0. The minimum absolute atomic E-state index is 0.610. The smallest absolute Gasteiger partial charge is 0.160 e. The normalized spacial score (nSPS) is 11.3. The first-order chi connectivity index (χ1) is 29.7. The quantitative estimate of drug-likeness (QED) is 0.169. The number of para-hydroxylation sites is 3. The second-order valence-corrected chi connectivity index (χ2v) is 14.8. The van der Waals surface area contributed by atoms with E-state index in [0.29, 0.717) is 17.0 Å². The number of benzene rings is 8. The standard InChI is InChI=1S/C54H32N6/c55-33-35-26-28-50-43(30-35)39-18-7-10-22-47(39)59(50)49-24-12-9-20-42(49)53-41(46-32-45(37-14-3-1-4-15-37)57-54(58-46)38-16-5-2-6-17-38)21-13-25-52(53)60-48-23-11-8-19-40(48)44-31-36(34-56)27-29-51(44)60/h1-32H. The highest BCUT2D eigenvalue weighted by molar-refractivity contribution is 6.12. The van der Waals surface area contributed by atoms with Crippen LogP contribution in [0, 0.1) is 22.7 Å². The molecule has 278 valence electrons. The van der Waals surface area contributed by atoms with Crippen molar-refractivity contribution in [3.05, 3.63) is 205 Å². The van der Waals surface area contributed by atoms with Gasteiger partial charge in [-0.1, -0.05) is 127 Å². The minimum atomic E-state index is 0.610. The van der Waals surface area contributed by atoms with Gasteiger partial charge in [-0.2, -0.15) is 10.5 Å². The van der Waals surface area contributed by atoms with Crippen LogP contribution in [0.2, 0.25) is 0 Å². The summed E-state index contributed by atoms with van der Waals surface area (Å²) in [5.41, 5.74) is 13.7. The zero-order valence-electron chi connectivity index (χ0n) is 32.2. The van der Waals surface area contributed by atoms with Gasteiger partial charge in [0, 0.05) is 49.4 Å². The molecule has 0 saturated heterocycles. The zero-order chi connectivity index (χ0) is 40.2. The number of nitrogens with zero attached hydrogens (tertiary/aromatic N) is 6. The Bertz CT molecular complexity index is 3510. The van der Waals surface area contributed by atoms with Crippen LogP contribution < -0.4 is 0 Å². The lowest BCUT2D eigenvalue weighted by atomic mass is 9.93. The van der Waals surface area contributed by atoms with Gasteiger partial charge in [0.1, 0.15) is 0 Å². The molecule has 0 N–H and O–H groups in total. The molecule has 0 bridgehead atoms. The molecule has 3 heterocycles. The van der Waals surface area contributed by atoms with Crippen LogP contribution in [0.1, 0.15) is 11.1 Å². The molecule has 6 nitrogen and oxygen atoms in total. The number of rotatable bonds is 6. The first-order valence-corrected chi connectivity index (χ1v) is 19.8. The van der Waals surface area contributed by atoms with Crippen LogP contribution in [0.15, 0.2) is 194 Å². The summed E-state index contributed by atoms with van der Waals surface area (Å²) >= 11 is 0.